The van der Waals surface area contributed by atoms with E-state index in [1.807, 2.05) is 38.1 Å². The minimum Gasteiger partial charge on any atom is -0.478 e. The maximum Gasteiger partial charge on any atom is 0.317 e. The Kier molecular flexibility index (Phi) is 6.54. The molecule has 6 nitrogen and oxygen atoms in total. The molecule has 2 aromatic rings. The lowest BCUT2D eigenvalue weighted by Crippen LogP contribution is -2.38. The van der Waals surface area contributed by atoms with Crippen LogP contribution in [0.3, 0.4) is 0 Å². The van der Waals surface area contributed by atoms with Crippen LogP contribution in [0.1, 0.15) is 37.4 Å². The zero-order valence-electron chi connectivity index (χ0n) is 14.4. The van der Waals surface area contributed by atoms with Crippen LogP contribution in [0.5, 0.6) is 5.88 Å². The standard InChI is InChI=1S/C18H24N4O2/c1-4-10-24-17-8-7-15(11-20-17)12-21-18(23)22(3)14(2)16-6-5-9-19-13-16/h5-9,11,13-14H,4,10,12H2,1-3H3,(H,21,23). The fourth-order valence-electron chi connectivity index (χ4n) is 2.13. The maximum atomic E-state index is 12.3. The van der Waals surface area contributed by atoms with Crippen molar-refractivity contribution in [2.24, 2.45) is 0 Å². The fraction of sp³-hybridized carbons (Fsp3) is 0.389. The van der Waals surface area contributed by atoms with Gasteiger partial charge in [0.25, 0.3) is 0 Å². The molecule has 0 aliphatic rings. The molecule has 24 heavy (non-hydrogen) atoms. The lowest BCUT2D eigenvalue weighted by molar-refractivity contribution is 0.194. The van der Waals surface area contributed by atoms with Crippen LogP contribution in [0.4, 0.5) is 4.79 Å². The zero-order valence-corrected chi connectivity index (χ0v) is 14.4. The first-order valence-electron chi connectivity index (χ1n) is 8.10. The molecule has 6 heteroatoms. The topological polar surface area (TPSA) is 67.3 Å². The van der Waals surface area contributed by atoms with Gasteiger partial charge in [-0.15, -0.1) is 0 Å². The van der Waals surface area contributed by atoms with Gasteiger partial charge in [-0.1, -0.05) is 19.1 Å². The number of carbonyl (C=O) groups excluding carboxylic acids is 1. The molecule has 2 aromatic heterocycles. The molecule has 0 saturated carbocycles. The predicted molar refractivity (Wildman–Crippen MR) is 92.7 cm³/mol. The van der Waals surface area contributed by atoms with Crippen LogP contribution in [0.25, 0.3) is 0 Å². The number of nitrogens with one attached hydrogen (secondary N) is 1. The third kappa shape index (κ3) is 4.94. The maximum absolute atomic E-state index is 12.3. The highest BCUT2D eigenvalue weighted by Crippen LogP contribution is 2.17. The first-order chi connectivity index (χ1) is 11.6. The number of hydrogen-bond donors (Lipinski definition) is 1. The van der Waals surface area contributed by atoms with Gasteiger partial charge >= 0.3 is 6.03 Å². The summed E-state index contributed by atoms with van der Waals surface area (Å²) in [6, 6.07) is 7.35. The van der Waals surface area contributed by atoms with Gasteiger partial charge in [0.15, 0.2) is 0 Å². The molecule has 0 aliphatic heterocycles. The molecule has 0 aromatic carbocycles. The molecule has 2 amide bonds. The van der Waals surface area contributed by atoms with Gasteiger partial charge in [0.2, 0.25) is 5.88 Å². The Bertz CT molecular complexity index is 631. The number of nitrogens with zero attached hydrogens (tertiary/aromatic N) is 3. The molecule has 0 saturated heterocycles. The van der Waals surface area contributed by atoms with Crippen LogP contribution in [0.15, 0.2) is 42.9 Å². The summed E-state index contributed by atoms with van der Waals surface area (Å²) in [6.07, 6.45) is 6.15. The van der Waals surface area contributed by atoms with Crippen molar-refractivity contribution in [3.63, 3.8) is 0 Å². The Labute approximate surface area is 142 Å². The van der Waals surface area contributed by atoms with E-state index in [4.69, 9.17) is 4.74 Å². The van der Waals surface area contributed by atoms with E-state index < -0.39 is 0 Å². The Morgan fingerprint density at radius 1 is 1.33 bits per heavy atom. The zero-order chi connectivity index (χ0) is 17.4. The molecule has 0 fully saturated rings. The highest BCUT2D eigenvalue weighted by atomic mass is 16.5. The largest absolute Gasteiger partial charge is 0.478 e. The Morgan fingerprint density at radius 3 is 2.79 bits per heavy atom. The summed E-state index contributed by atoms with van der Waals surface area (Å²) in [5, 5.41) is 2.90. The molecule has 0 radical (unpaired) electrons. The first-order valence-corrected chi connectivity index (χ1v) is 8.10. The van der Waals surface area contributed by atoms with Gasteiger partial charge in [0.1, 0.15) is 0 Å². The van der Waals surface area contributed by atoms with E-state index in [0.29, 0.717) is 19.0 Å². The lowest BCUT2D eigenvalue weighted by Gasteiger charge is -2.25. The molecule has 0 aliphatic carbocycles. The summed E-state index contributed by atoms with van der Waals surface area (Å²) in [4.78, 5) is 22.3. The van der Waals surface area contributed by atoms with Crippen molar-refractivity contribution in [1.82, 2.24) is 20.2 Å². The molecular formula is C18H24N4O2. The molecule has 1 atom stereocenters. The van der Waals surface area contributed by atoms with Crippen LogP contribution in [-0.2, 0) is 6.54 Å². The molecule has 0 bridgehead atoms. The SMILES string of the molecule is CCCOc1ccc(CNC(=O)N(C)C(C)c2cccnc2)cn1. The van der Waals surface area contributed by atoms with Gasteiger partial charge in [-0.25, -0.2) is 9.78 Å². The van der Waals surface area contributed by atoms with E-state index in [2.05, 4.69) is 15.3 Å². The minimum atomic E-state index is -0.141. The second-order valence-electron chi connectivity index (χ2n) is 5.59. The second-order valence-corrected chi connectivity index (χ2v) is 5.59. The van der Waals surface area contributed by atoms with Crippen LogP contribution in [0.2, 0.25) is 0 Å². The number of rotatable bonds is 7. The Hall–Kier alpha value is -2.63. The summed E-state index contributed by atoms with van der Waals surface area (Å²) in [5.41, 5.74) is 1.92. The smallest absolute Gasteiger partial charge is 0.317 e. The number of amides is 2. The molecule has 1 N–H and O–H groups in total. The number of pyridine rings is 2. The fourth-order valence-corrected chi connectivity index (χ4v) is 2.13. The molecule has 0 spiro atoms. The predicted octanol–water partition coefficient (Wildman–Crippen LogP) is 3.17. The second kappa shape index (κ2) is 8.86. The van der Waals surface area contributed by atoms with Crippen molar-refractivity contribution in [3.05, 3.63) is 54.0 Å². The molecule has 1 unspecified atom stereocenters. The van der Waals surface area contributed by atoms with E-state index in [1.165, 1.54) is 0 Å². The molecule has 2 rings (SSSR count). The minimum absolute atomic E-state index is 0.0540. The van der Waals surface area contributed by atoms with E-state index >= 15 is 0 Å². The monoisotopic (exact) mass is 328 g/mol. The van der Waals surface area contributed by atoms with Crippen LogP contribution in [-0.4, -0.2) is 34.6 Å². The van der Waals surface area contributed by atoms with E-state index in [-0.39, 0.29) is 12.1 Å². The van der Waals surface area contributed by atoms with Gasteiger partial charge in [0.05, 0.1) is 12.6 Å². The van der Waals surface area contributed by atoms with E-state index in [1.54, 1.807) is 30.5 Å². The van der Waals surface area contributed by atoms with Crippen molar-refractivity contribution < 1.29 is 9.53 Å². The summed E-state index contributed by atoms with van der Waals surface area (Å²) >= 11 is 0. The average molecular weight is 328 g/mol. The quantitative estimate of drug-likeness (QED) is 0.848. The Morgan fingerprint density at radius 2 is 2.17 bits per heavy atom. The number of hydrogen-bond acceptors (Lipinski definition) is 4. The summed E-state index contributed by atoms with van der Waals surface area (Å²) < 4.78 is 5.44. The number of carbonyl (C=O) groups is 1. The summed E-state index contributed by atoms with van der Waals surface area (Å²) in [6.45, 7) is 5.09. The first kappa shape index (κ1) is 17.7. The Balaban J connectivity index is 1.85. The van der Waals surface area contributed by atoms with Crippen molar-refractivity contribution in [2.45, 2.75) is 32.9 Å². The molecule has 128 valence electrons. The van der Waals surface area contributed by atoms with Crippen LogP contribution in [0, 0.1) is 0 Å². The van der Waals surface area contributed by atoms with Gasteiger partial charge in [-0.05, 0) is 30.5 Å². The molecule has 2 heterocycles. The van der Waals surface area contributed by atoms with Crippen molar-refractivity contribution in [1.29, 1.82) is 0 Å². The number of ether oxygens (including phenoxy) is 1. The van der Waals surface area contributed by atoms with Crippen molar-refractivity contribution in [3.8, 4) is 5.88 Å². The average Bonchev–Trinajstić information content (AvgIpc) is 2.64. The van der Waals surface area contributed by atoms with Gasteiger partial charge in [-0.3, -0.25) is 4.98 Å². The van der Waals surface area contributed by atoms with Crippen molar-refractivity contribution >= 4 is 6.03 Å². The third-order valence-electron chi connectivity index (χ3n) is 3.76. The van der Waals surface area contributed by atoms with Gasteiger partial charge in [-0.2, -0.15) is 0 Å². The van der Waals surface area contributed by atoms with Crippen molar-refractivity contribution in [2.75, 3.05) is 13.7 Å². The highest BCUT2D eigenvalue weighted by molar-refractivity contribution is 5.74. The van der Waals surface area contributed by atoms with Crippen LogP contribution < -0.4 is 10.1 Å². The van der Waals surface area contributed by atoms with Gasteiger partial charge in [0, 0.05) is 38.2 Å². The lowest BCUT2D eigenvalue weighted by atomic mass is 10.1. The summed E-state index contributed by atoms with van der Waals surface area (Å²) in [5.74, 6) is 0.606. The van der Waals surface area contributed by atoms with E-state index in [9.17, 15) is 4.79 Å². The third-order valence-corrected chi connectivity index (χ3v) is 3.76. The van der Waals surface area contributed by atoms with E-state index in [0.717, 1.165) is 17.5 Å². The molecular weight excluding hydrogens is 304 g/mol. The highest BCUT2D eigenvalue weighted by Gasteiger charge is 2.17. The number of aromatic nitrogens is 2. The van der Waals surface area contributed by atoms with Crippen LogP contribution >= 0.6 is 0 Å². The van der Waals surface area contributed by atoms with Gasteiger partial charge < -0.3 is 15.0 Å². The summed E-state index contributed by atoms with van der Waals surface area (Å²) in [7, 11) is 1.77. The normalized spacial score (nSPS) is 11.6. The number of urea groups is 1.